The molecule has 8 heteroatoms. The van der Waals surface area contributed by atoms with Crippen molar-refractivity contribution < 1.29 is 18.0 Å². The molecule has 3 aliphatic rings. The maximum absolute atomic E-state index is 12.7. The van der Waals surface area contributed by atoms with Crippen LogP contribution in [-0.4, -0.2) is 41.7 Å². The Labute approximate surface area is 142 Å². The number of rotatable bonds is 0. The molecule has 2 aliphatic heterocycles. The topological polar surface area (TPSA) is 36.4 Å². The molecule has 4 nitrogen and oxygen atoms in total. The minimum atomic E-state index is -4.11. The lowest BCUT2D eigenvalue weighted by Gasteiger charge is -2.59. The fraction of sp³-hybridized carbons (Fsp3) is 0.625. The van der Waals surface area contributed by atoms with Gasteiger partial charge < -0.3 is 4.90 Å². The molecule has 0 unspecified atom stereocenters. The lowest BCUT2D eigenvalue weighted by Crippen LogP contribution is -2.67. The van der Waals surface area contributed by atoms with Crippen molar-refractivity contribution in [3.8, 4) is 0 Å². The van der Waals surface area contributed by atoms with Gasteiger partial charge in [-0.3, -0.25) is 4.90 Å². The normalized spacial score (nSPS) is 22.8. The number of likely N-dealkylation sites (tertiary alicyclic amines) is 1. The van der Waals surface area contributed by atoms with E-state index in [9.17, 15) is 18.0 Å². The number of anilines is 1. The number of fused-ring (bicyclic) bond motifs is 1. The Kier molecular flexibility index (Phi) is 3.50. The first-order valence-electron chi connectivity index (χ1n) is 8.06. The molecule has 3 heterocycles. The summed E-state index contributed by atoms with van der Waals surface area (Å²) in [5.74, 6) is -0.618. The predicted octanol–water partition coefficient (Wildman–Crippen LogP) is 3.88. The van der Waals surface area contributed by atoms with Crippen LogP contribution in [0.4, 0.5) is 23.8 Å². The number of alkyl halides is 3. The summed E-state index contributed by atoms with van der Waals surface area (Å²) in [7, 11) is 0. The Morgan fingerprint density at radius 3 is 2.71 bits per heavy atom. The highest BCUT2D eigenvalue weighted by Gasteiger charge is 2.61. The second-order valence-electron chi connectivity index (χ2n) is 7.14. The summed E-state index contributed by atoms with van der Waals surface area (Å²) < 4.78 is 37.9. The number of pyridine rings is 1. The average Bonchev–Trinajstić information content (AvgIpc) is 2.42. The zero-order valence-corrected chi connectivity index (χ0v) is 13.7. The highest BCUT2D eigenvalue weighted by Crippen LogP contribution is 2.57. The third-order valence-corrected chi connectivity index (χ3v) is 5.77. The van der Waals surface area contributed by atoms with Crippen LogP contribution < -0.4 is 4.90 Å². The molecule has 130 valence electrons. The van der Waals surface area contributed by atoms with Gasteiger partial charge in [-0.2, -0.15) is 13.2 Å². The third-order valence-electron chi connectivity index (χ3n) is 5.42. The SMILES string of the molecule is O=C(N1CC2(CC(C(F)(F)F)C2)C1)N1CCCc2c(Cl)ccnc21. The fourth-order valence-corrected chi connectivity index (χ4v) is 4.41. The number of hydrogen-bond donors (Lipinski definition) is 0. The number of carbonyl (C=O) groups is 1. The van der Waals surface area contributed by atoms with Gasteiger partial charge in [0.25, 0.3) is 0 Å². The molecule has 0 bridgehead atoms. The van der Waals surface area contributed by atoms with Crippen LogP contribution in [-0.2, 0) is 6.42 Å². The number of carbonyl (C=O) groups excluding carboxylic acids is 1. The molecule has 2 amide bonds. The highest BCUT2D eigenvalue weighted by molar-refractivity contribution is 6.31. The molecule has 0 radical (unpaired) electrons. The van der Waals surface area contributed by atoms with Crippen LogP contribution in [0.15, 0.2) is 12.3 Å². The van der Waals surface area contributed by atoms with E-state index in [-0.39, 0.29) is 24.3 Å². The molecule has 1 spiro atoms. The molecule has 0 atom stereocenters. The van der Waals surface area contributed by atoms with Gasteiger partial charge in [-0.15, -0.1) is 0 Å². The monoisotopic (exact) mass is 359 g/mol. The Hall–Kier alpha value is -1.50. The van der Waals surface area contributed by atoms with Gasteiger partial charge in [-0.05, 0) is 31.7 Å². The van der Waals surface area contributed by atoms with Gasteiger partial charge in [0.1, 0.15) is 5.82 Å². The first kappa shape index (κ1) is 16.0. The molecular formula is C16H17ClF3N3O. The molecule has 1 saturated heterocycles. The second kappa shape index (κ2) is 5.25. The van der Waals surface area contributed by atoms with Gasteiger partial charge in [0.05, 0.1) is 5.92 Å². The molecule has 1 aromatic rings. The van der Waals surface area contributed by atoms with Gasteiger partial charge in [-0.1, -0.05) is 11.6 Å². The summed E-state index contributed by atoms with van der Waals surface area (Å²) in [6.07, 6.45) is -0.670. The quantitative estimate of drug-likeness (QED) is 0.704. The number of hydrogen-bond acceptors (Lipinski definition) is 2. The summed E-state index contributed by atoms with van der Waals surface area (Å²) in [5, 5.41) is 0.601. The van der Waals surface area contributed by atoms with Crippen molar-refractivity contribution in [2.45, 2.75) is 31.9 Å². The van der Waals surface area contributed by atoms with E-state index >= 15 is 0 Å². The summed E-state index contributed by atoms with van der Waals surface area (Å²) >= 11 is 6.18. The van der Waals surface area contributed by atoms with Crippen LogP contribution in [0.25, 0.3) is 0 Å². The maximum atomic E-state index is 12.7. The molecule has 1 aromatic heterocycles. The van der Waals surface area contributed by atoms with E-state index in [1.807, 2.05) is 0 Å². The van der Waals surface area contributed by atoms with E-state index in [2.05, 4.69) is 4.98 Å². The molecular weight excluding hydrogens is 343 g/mol. The molecule has 0 N–H and O–H groups in total. The standard InChI is InChI=1S/C16H17ClF3N3O/c17-12-3-4-21-13-11(12)2-1-5-23(13)14(24)22-8-15(9-22)6-10(7-15)16(18,19)20/h3-4,10H,1-2,5-9H2. The Morgan fingerprint density at radius 2 is 2.04 bits per heavy atom. The van der Waals surface area contributed by atoms with E-state index in [1.165, 1.54) is 0 Å². The van der Waals surface area contributed by atoms with Gasteiger partial charge in [0.2, 0.25) is 0 Å². The first-order valence-corrected chi connectivity index (χ1v) is 8.43. The summed E-state index contributed by atoms with van der Waals surface area (Å²) in [6, 6.07) is 1.53. The van der Waals surface area contributed by atoms with E-state index in [1.54, 1.807) is 22.1 Å². The lowest BCUT2D eigenvalue weighted by molar-refractivity contribution is -0.238. The number of halogens is 4. The van der Waals surface area contributed by atoms with Gasteiger partial charge >= 0.3 is 12.2 Å². The molecule has 0 aromatic carbocycles. The summed E-state index contributed by atoms with van der Waals surface area (Å²) in [4.78, 5) is 20.2. The summed E-state index contributed by atoms with van der Waals surface area (Å²) in [6.45, 7) is 1.38. The average molecular weight is 360 g/mol. The number of nitrogens with zero attached hydrogens (tertiary/aromatic N) is 3. The van der Waals surface area contributed by atoms with Crippen molar-refractivity contribution in [3.63, 3.8) is 0 Å². The largest absolute Gasteiger partial charge is 0.391 e. The van der Waals surface area contributed by atoms with Crippen LogP contribution in [0, 0.1) is 11.3 Å². The Bertz CT molecular complexity index is 680. The van der Waals surface area contributed by atoms with Crippen molar-refractivity contribution in [2.24, 2.45) is 11.3 Å². The van der Waals surface area contributed by atoms with Gasteiger partial charge in [-0.25, -0.2) is 9.78 Å². The minimum absolute atomic E-state index is 0.140. The van der Waals surface area contributed by atoms with Crippen molar-refractivity contribution in [1.82, 2.24) is 9.88 Å². The van der Waals surface area contributed by atoms with Crippen molar-refractivity contribution in [3.05, 3.63) is 22.8 Å². The van der Waals surface area contributed by atoms with E-state index < -0.39 is 12.1 Å². The van der Waals surface area contributed by atoms with Crippen LogP contribution in [0.3, 0.4) is 0 Å². The molecule has 2 fully saturated rings. The smallest absolute Gasteiger partial charge is 0.323 e. The van der Waals surface area contributed by atoms with Crippen molar-refractivity contribution in [1.29, 1.82) is 0 Å². The molecule has 4 rings (SSSR count). The highest BCUT2D eigenvalue weighted by atomic mass is 35.5. The van der Waals surface area contributed by atoms with Crippen LogP contribution in [0.1, 0.15) is 24.8 Å². The van der Waals surface area contributed by atoms with Crippen LogP contribution in [0.2, 0.25) is 5.02 Å². The Morgan fingerprint density at radius 1 is 1.33 bits per heavy atom. The first-order chi connectivity index (χ1) is 11.3. The zero-order chi connectivity index (χ0) is 17.1. The van der Waals surface area contributed by atoms with Crippen molar-refractivity contribution in [2.75, 3.05) is 24.5 Å². The molecule has 1 saturated carbocycles. The predicted molar refractivity (Wildman–Crippen MR) is 83.1 cm³/mol. The van der Waals surface area contributed by atoms with Gasteiger partial charge in [0, 0.05) is 41.8 Å². The molecule has 1 aliphatic carbocycles. The summed E-state index contributed by atoms with van der Waals surface area (Å²) in [5.41, 5.74) is 0.547. The van der Waals surface area contributed by atoms with Crippen LogP contribution >= 0.6 is 11.6 Å². The zero-order valence-electron chi connectivity index (χ0n) is 12.9. The van der Waals surface area contributed by atoms with E-state index in [4.69, 9.17) is 11.6 Å². The number of amides is 2. The van der Waals surface area contributed by atoms with Crippen LogP contribution in [0.5, 0.6) is 0 Å². The third kappa shape index (κ3) is 2.44. The second-order valence-corrected chi connectivity index (χ2v) is 7.54. The maximum Gasteiger partial charge on any atom is 0.391 e. The Balaban J connectivity index is 1.42. The number of aromatic nitrogens is 1. The van der Waals surface area contributed by atoms with Crippen molar-refractivity contribution >= 4 is 23.4 Å². The fourth-order valence-electron chi connectivity index (χ4n) is 4.17. The lowest BCUT2D eigenvalue weighted by atomic mass is 9.57. The van der Waals surface area contributed by atoms with E-state index in [0.29, 0.717) is 30.5 Å². The molecule has 24 heavy (non-hydrogen) atoms. The number of urea groups is 1. The minimum Gasteiger partial charge on any atom is -0.323 e. The van der Waals surface area contributed by atoms with E-state index in [0.717, 1.165) is 18.4 Å². The van der Waals surface area contributed by atoms with Gasteiger partial charge in [0.15, 0.2) is 0 Å².